The Kier molecular flexibility index (Phi) is 7.37. The Morgan fingerprint density at radius 3 is 2.95 bits per heavy atom. The minimum atomic E-state index is -0.365. The van der Waals surface area contributed by atoms with E-state index in [1.54, 1.807) is 7.11 Å². The summed E-state index contributed by atoms with van der Waals surface area (Å²) in [4.78, 5) is 2.52. The van der Waals surface area contributed by atoms with E-state index < -0.39 is 0 Å². The summed E-state index contributed by atoms with van der Waals surface area (Å²) in [6.45, 7) is 9.23. The van der Waals surface area contributed by atoms with Gasteiger partial charge in [0.15, 0.2) is 0 Å². The Labute approximate surface area is 118 Å². The lowest BCUT2D eigenvalue weighted by atomic mass is 9.95. The molecule has 0 radical (unpaired) electrons. The van der Waals surface area contributed by atoms with Gasteiger partial charge in [-0.3, -0.25) is 5.32 Å². The van der Waals surface area contributed by atoms with Crippen molar-refractivity contribution in [3.63, 3.8) is 0 Å². The van der Waals surface area contributed by atoms with Crippen LogP contribution >= 0.6 is 0 Å². The first-order valence-corrected chi connectivity index (χ1v) is 7.51. The number of hydrogen-bond acceptors (Lipinski definition) is 4. The van der Waals surface area contributed by atoms with E-state index >= 15 is 0 Å². The second-order valence-electron chi connectivity index (χ2n) is 5.84. The van der Waals surface area contributed by atoms with Crippen LogP contribution in [-0.4, -0.2) is 50.3 Å². The van der Waals surface area contributed by atoms with Gasteiger partial charge in [0.2, 0.25) is 0 Å². The second kappa shape index (κ2) is 8.52. The lowest BCUT2D eigenvalue weighted by Crippen LogP contribution is -2.42. The van der Waals surface area contributed by atoms with E-state index in [0.29, 0.717) is 5.92 Å². The van der Waals surface area contributed by atoms with Crippen LogP contribution in [-0.2, 0) is 4.74 Å². The molecule has 0 spiro atoms. The van der Waals surface area contributed by atoms with Gasteiger partial charge in [-0.15, -0.1) is 0 Å². The van der Waals surface area contributed by atoms with Crippen molar-refractivity contribution in [2.45, 2.75) is 45.1 Å². The number of nitrogens with one attached hydrogen (secondary N) is 1. The molecule has 110 valence electrons. The maximum Gasteiger partial charge on any atom is 0.103 e. The quantitative estimate of drug-likeness (QED) is 0.731. The fourth-order valence-corrected chi connectivity index (χ4v) is 2.96. The summed E-state index contributed by atoms with van der Waals surface area (Å²) >= 11 is 0. The van der Waals surface area contributed by atoms with Crippen LogP contribution in [0.2, 0.25) is 0 Å². The van der Waals surface area contributed by atoms with Gasteiger partial charge in [-0.25, -0.2) is 0 Å². The highest BCUT2D eigenvalue weighted by molar-refractivity contribution is 5.03. The van der Waals surface area contributed by atoms with Crippen LogP contribution < -0.4 is 5.32 Å². The van der Waals surface area contributed by atoms with Gasteiger partial charge in [0.25, 0.3) is 0 Å². The van der Waals surface area contributed by atoms with E-state index in [1.807, 2.05) is 6.92 Å². The molecular weight excluding hydrogens is 238 g/mol. The molecule has 0 aliphatic carbocycles. The van der Waals surface area contributed by atoms with Crippen molar-refractivity contribution in [1.29, 1.82) is 5.26 Å². The molecule has 0 aromatic carbocycles. The molecule has 0 bridgehead atoms. The van der Waals surface area contributed by atoms with Crippen LogP contribution in [0.4, 0.5) is 0 Å². The molecule has 1 N–H and O–H groups in total. The maximum absolute atomic E-state index is 9.22. The summed E-state index contributed by atoms with van der Waals surface area (Å²) in [7, 11) is 1.79. The minimum absolute atomic E-state index is 0.365. The molecule has 4 nitrogen and oxygen atoms in total. The number of piperidine rings is 1. The predicted octanol–water partition coefficient (Wildman–Crippen LogP) is 2.02. The van der Waals surface area contributed by atoms with Crippen molar-refractivity contribution >= 4 is 0 Å². The van der Waals surface area contributed by atoms with Gasteiger partial charge >= 0.3 is 0 Å². The van der Waals surface area contributed by atoms with Crippen molar-refractivity contribution < 1.29 is 4.74 Å². The zero-order valence-electron chi connectivity index (χ0n) is 12.7. The van der Waals surface area contributed by atoms with Crippen LogP contribution in [0.25, 0.3) is 0 Å². The highest BCUT2D eigenvalue weighted by atomic mass is 16.5. The van der Waals surface area contributed by atoms with E-state index in [1.165, 1.54) is 19.4 Å². The minimum Gasteiger partial charge on any atom is -0.384 e. The molecule has 0 amide bonds. The number of rotatable bonds is 8. The molecule has 0 aromatic heterocycles. The molecule has 0 saturated carbocycles. The third kappa shape index (κ3) is 5.90. The van der Waals surface area contributed by atoms with E-state index in [9.17, 15) is 5.26 Å². The normalized spacial score (nSPS) is 23.8. The summed E-state index contributed by atoms with van der Waals surface area (Å²) in [6, 6.07) is 2.40. The van der Waals surface area contributed by atoms with Gasteiger partial charge in [0, 0.05) is 13.7 Å². The zero-order chi connectivity index (χ0) is 14.1. The second-order valence-corrected chi connectivity index (χ2v) is 5.84. The Morgan fingerprint density at radius 1 is 1.53 bits per heavy atom. The molecule has 1 heterocycles. The molecule has 1 fully saturated rings. The molecule has 1 saturated heterocycles. The van der Waals surface area contributed by atoms with Gasteiger partial charge < -0.3 is 9.64 Å². The third-order valence-electron chi connectivity index (χ3n) is 3.97. The molecule has 2 atom stereocenters. The first-order valence-electron chi connectivity index (χ1n) is 7.51. The van der Waals surface area contributed by atoms with E-state index in [4.69, 9.17) is 4.74 Å². The average Bonchev–Trinajstić information content (AvgIpc) is 2.40. The zero-order valence-corrected chi connectivity index (χ0v) is 12.7. The van der Waals surface area contributed by atoms with Crippen LogP contribution in [0.3, 0.4) is 0 Å². The monoisotopic (exact) mass is 267 g/mol. The first-order chi connectivity index (χ1) is 9.13. The maximum atomic E-state index is 9.22. The van der Waals surface area contributed by atoms with Gasteiger partial charge in [-0.05, 0) is 58.2 Å². The average molecular weight is 267 g/mol. The van der Waals surface area contributed by atoms with Gasteiger partial charge in [-0.2, -0.15) is 5.26 Å². The molecule has 4 heteroatoms. The molecular formula is C15H29N3O. The smallest absolute Gasteiger partial charge is 0.103 e. The highest BCUT2D eigenvalue weighted by Gasteiger charge is 2.23. The van der Waals surface area contributed by atoms with Crippen LogP contribution in [0, 0.1) is 17.2 Å². The molecule has 2 unspecified atom stereocenters. The van der Waals surface area contributed by atoms with Crippen molar-refractivity contribution in [2.75, 3.05) is 39.9 Å². The number of ether oxygens (including phenoxy) is 1. The Balaban J connectivity index is 2.26. The fourth-order valence-electron chi connectivity index (χ4n) is 2.96. The number of nitrogens with zero attached hydrogens (tertiary/aromatic N) is 2. The van der Waals surface area contributed by atoms with Crippen LogP contribution in [0.1, 0.15) is 39.5 Å². The lowest BCUT2D eigenvalue weighted by molar-refractivity contribution is 0.0891. The Hall–Kier alpha value is -0.630. The lowest BCUT2D eigenvalue weighted by Gasteiger charge is -2.33. The summed E-state index contributed by atoms with van der Waals surface area (Å²) in [5.41, 5.74) is -0.365. The van der Waals surface area contributed by atoms with Crippen molar-refractivity contribution in [2.24, 2.45) is 5.92 Å². The molecule has 1 aliphatic rings. The topological polar surface area (TPSA) is 48.3 Å². The van der Waals surface area contributed by atoms with Crippen molar-refractivity contribution in [3.05, 3.63) is 0 Å². The first kappa shape index (κ1) is 16.4. The summed E-state index contributed by atoms with van der Waals surface area (Å²) in [5.74, 6) is 0.690. The Morgan fingerprint density at radius 2 is 2.32 bits per heavy atom. The van der Waals surface area contributed by atoms with E-state index in [-0.39, 0.29) is 5.54 Å². The van der Waals surface area contributed by atoms with E-state index in [0.717, 1.165) is 39.1 Å². The Bertz CT molecular complexity index is 288. The molecule has 1 aliphatic heterocycles. The highest BCUT2D eigenvalue weighted by Crippen LogP contribution is 2.18. The van der Waals surface area contributed by atoms with Crippen LogP contribution in [0.15, 0.2) is 0 Å². The SMILES string of the molecule is CCNC(C)(C#N)CCCN1CCCC(COC)C1. The van der Waals surface area contributed by atoms with Gasteiger partial charge in [0.1, 0.15) is 5.54 Å². The largest absolute Gasteiger partial charge is 0.384 e. The van der Waals surface area contributed by atoms with Crippen LogP contribution in [0.5, 0.6) is 0 Å². The molecule has 1 rings (SSSR count). The fraction of sp³-hybridized carbons (Fsp3) is 0.933. The van der Waals surface area contributed by atoms with Crippen molar-refractivity contribution in [3.8, 4) is 6.07 Å². The number of methoxy groups -OCH3 is 1. The predicted molar refractivity (Wildman–Crippen MR) is 78.0 cm³/mol. The summed E-state index contributed by atoms with van der Waals surface area (Å²) < 4.78 is 5.26. The standard InChI is InChI=1S/C15H29N3O/c1-4-17-15(2,13-16)8-6-10-18-9-5-7-14(11-18)12-19-3/h14,17H,4-12H2,1-3H3. The van der Waals surface area contributed by atoms with Crippen molar-refractivity contribution in [1.82, 2.24) is 10.2 Å². The van der Waals surface area contributed by atoms with Gasteiger partial charge in [-0.1, -0.05) is 6.92 Å². The van der Waals surface area contributed by atoms with E-state index in [2.05, 4.69) is 23.2 Å². The summed E-state index contributed by atoms with van der Waals surface area (Å²) in [6.07, 6.45) is 4.56. The number of likely N-dealkylation sites (tertiary alicyclic amines) is 1. The number of hydrogen-bond donors (Lipinski definition) is 1. The molecule has 0 aromatic rings. The number of nitriles is 1. The van der Waals surface area contributed by atoms with Gasteiger partial charge in [0.05, 0.1) is 12.7 Å². The molecule has 19 heavy (non-hydrogen) atoms. The summed E-state index contributed by atoms with van der Waals surface area (Å²) in [5, 5.41) is 12.5. The third-order valence-corrected chi connectivity index (χ3v) is 3.97.